The first-order valence-electron chi connectivity index (χ1n) is 8.56. The Morgan fingerprint density at radius 2 is 1.78 bits per heavy atom. The third-order valence-electron chi connectivity index (χ3n) is 4.04. The number of carbonyl (C=O) groups is 2. The minimum atomic E-state index is -0.398. The molecule has 138 valence electrons. The second-order valence-electron chi connectivity index (χ2n) is 5.90. The van der Waals surface area contributed by atoms with Gasteiger partial charge in [-0.15, -0.1) is 0 Å². The number of hydrazine groups is 1. The lowest BCUT2D eigenvalue weighted by molar-refractivity contribution is -0.121. The SMILES string of the molecule is CCOc1ccc(C(=O)NNC(=O)Cc2cccc3ccccc23)cc1Br. The van der Waals surface area contributed by atoms with E-state index >= 15 is 0 Å². The van der Waals surface area contributed by atoms with Gasteiger partial charge in [0.25, 0.3) is 5.91 Å². The fourth-order valence-electron chi connectivity index (χ4n) is 2.78. The van der Waals surface area contributed by atoms with Gasteiger partial charge < -0.3 is 4.74 Å². The maximum Gasteiger partial charge on any atom is 0.269 e. The van der Waals surface area contributed by atoms with Crippen molar-refractivity contribution >= 4 is 38.5 Å². The zero-order valence-corrected chi connectivity index (χ0v) is 16.4. The maximum atomic E-state index is 12.2. The molecule has 0 atom stereocenters. The van der Waals surface area contributed by atoms with Gasteiger partial charge in [0.15, 0.2) is 0 Å². The summed E-state index contributed by atoms with van der Waals surface area (Å²) in [7, 11) is 0. The summed E-state index contributed by atoms with van der Waals surface area (Å²) in [6.45, 7) is 2.42. The molecule has 3 aromatic rings. The van der Waals surface area contributed by atoms with E-state index in [9.17, 15) is 9.59 Å². The number of amides is 2. The van der Waals surface area contributed by atoms with Crippen molar-refractivity contribution < 1.29 is 14.3 Å². The summed E-state index contributed by atoms with van der Waals surface area (Å²) in [6, 6.07) is 18.7. The molecule has 2 N–H and O–H groups in total. The Morgan fingerprint density at radius 1 is 1.00 bits per heavy atom. The molecule has 3 rings (SSSR count). The molecule has 0 radical (unpaired) electrons. The van der Waals surface area contributed by atoms with Gasteiger partial charge in [0.2, 0.25) is 5.91 Å². The molecule has 0 heterocycles. The zero-order valence-electron chi connectivity index (χ0n) is 14.8. The molecule has 0 fully saturated rings. The van der Waals surface area contributed by atoms with E-state index in [0.717, 1.165) is 16.3 Å². The summed E-state index contributed by atoms with van der Waals surface area (Å²) >= 11 is 3.37. The van der Waals surface area contributed by atoms with Crippen LogP contribution < -0.4 is 15.6 Å². The normalized spacial score (nSPS) is 10.4. The number of rotatable bonds is 5. The van der Waals surface area contributed by atoms with Crippen molar-refractivity contribution in [1.29, 1.82) is 0 Å². The van der Waals surface area contributed by atoms with Gasteiger partial charge >= 0.3 is 0 Å². The average Bonchev–Trinajstić information content (AvgIpc) is 2.68. The van der Waals surface area contributed by atoms with Crippen LogP contribution in [0.4, 0.5) is 0 Å². The predicted octanol–water partition coefficient (Wildman–Crippen LogP) is 4.00. The molecule has 0 aliphatic carbocycles. The molecule has 0 spiro atoms. The van der Waals surface area contributed by atoms with Gasteiger partial charge in [0.1, 0.15) is 5.75 Å². The minimum Gasteiger partial charge on any atom is -0.493 e. The summed E-state index contributed by atoms with van der Waals surface area (Å²) in [5.74, 6) is -0.0243. The molecule has 0 aliphatic heterocycles. The van der Waals surface area contributed by atoms with Crippen LogP contribution in [0.15, 0.2) is 65.1 Å². The van der Waals surface area contributed by atoms with Crippen LogP contribution in [0.1, 0.15) is 22.8 Å². The Balaban J connectivity index is 1.62. The number of nitrogens with one attached hydrogen (secondary N) is 2. The van der Waals surface area contributed by atoms with Crippen molar-refractivity contribution in [2.24, 2.45) is 0 Å². The molecule has 0 bridgehead atoms. The highest BCUT2D eigenvalue weighted by atomic mass is 79.9. The molecule has 0 unspecified atom stereocenters. The maximum absolute atomic E-state index is 12.2. The molecule has 5 nitrogen and oxygen atoms in total. The molecule has 27 heavy (non-hydrogen) atoms. The Morgan fingerprint density at radius 3 is 2.56 bits per heavy atom. The minimum absolute atomic E-state index is 0.175. The fourth-order valence-corrected chi connectivity index (χ4v) is 3.27. The van der Waals surface area contributed by atoms with E-state index in [2.05, 4.69) is 26.8 Å². The first-order valence-corrected chi connectivity index (χ1v) is 9.36. The Labute approximate surface area is 165 Å². The molecule has 0 aliphatic rings. The van der Waals surface area contributed by atoms with Crippen molar-refractivity contribution in [3.63, 3.8) is 0 Å². The van der Waals surface area contributed by atoms with Gasteiger partial charge in [0, 0.05) is 5.56 Å². The highest BCUT2D eigenvalue weighted by Crippen LogP contribution is 2.26. The lowest BCUT2D eigenvalue weighted by Gasteiger charge is -2.10. The Bertz CT molecular complexity index is 983. The molecule has 3 aromatic carbocycles. The van der Waals surface area contributed by atoms with E-state index in [4.69, 9.17) is 4.74 Å². The van der Waals surface area contributed by atoms with Crippen molar-refractivity contribution in [2.45, 2.75) is 13.3 Å². The monoisotopic (exact) mass is 426 g/mol. The van der Waals surface area contributed by atoms with Crippen LogP contribution in [0.25, 0.3) is 10.8 Å². The summed E-state index contributed by atoms with van der Waals surface area (Å²) in [5, 5.41) is 2.10. The molecule has 0 saturated heterocycles. The summed E-state index contributed by atoms with van der Waals surface area (Å²) in [5.41, 5.74) is 6.23. The van der Waals surface area contributed by atoms with E-state index in [1.54, 1.807) is 18.2 Å². The van der Waals surface area contributed by atoms with Crippen molar-refractivity contribution in [2.75, 3.05) is 6.61 Å². The van der Waals surface area contributed by atoms with E-state index in [-0.39, 0.29) is 12.3 Å². The summed E-state index contributed by atoms with van der Waals surface area (Å²) in [6.07, 6.45) is 0.175. The first-order chi connectivity index (χ1) is 13.1. The standard InChI is InChI=1S/C21H19BrN2O3/c1-2-27-19-11-10-16(12-18(19)22)21(26)24-23-20(25)13-15-8-5-7-14-6-3-4-9-17(14)15/h3-12H,2,13H2,1H3,(H,23,25)(H,24,26). The van der Waals surface area contributed by atoms with Gasteiger partial charge in [-0.25, -0.2) is 0 Å². The number of benzene rings is 3. The highest BCUT2D eigenvalue weighted by Gasteiger charge is 2.11. The highest BCUT2D eigenvalue weighted by molar-refractivity contribution is 9.10. The smallest absolute Gasteiger partial charge is 0.269 e. The largest absolute Gasteiger partial charge is 0.493 e. The fraction of sp³-hybridized carbons (Fsp3) is 0.143. The molecule has 2 amide bonds. The first kappa shape index (κ1) is 18.9. The van der Waals surface area contributed by atoms with Gasteiger partial charge in [-0.3, -0.25) is 20.4 Å². The zero-order chi connectivity index (χ0) is 19.2. The lowest BCUT2D eigenvalue weighted by Crippen LogP contribution is -2.42. The van der Waals surface area contributed by atoms with E-state index in [1.807, 2.05) is 49.4 Å². The molecule has 6 heteroatoms. The van der Waals surface area contributed by atoms with E-state index in [1.165, 1.54) is 0 Å². The number of ether oxygens (including phenoxy) is 1. The molecule has 0 saturated carbocycles. The summed E-state index contributed by atoms with van der Waals surface area (Å²) in [4.78, 5) is 24.5. The Kier molecular flexibility index (Phi) is 6.08. The van der Waals surface area contributed by atoms with Crippen LogP contribution in [-0.2, 0) is 11.2 Å². The van der Waals surface area contributed by atoms with Gasteiger partial charge in [-0.05, 0) is 57.4 Å². The second-order valence-corrected chi connectivity index (χ2v) is 6.75. The number of hydrogen-bond acceptors (Lipinski definition) is 3. The van der Waals surface area contributed by atoms with Crippen LogP contribution in [0.3, 0.4) is 0 Å². The number of fused-ring (bicyclic) bond motifs is 1. The third-order valence-corrected chi connectivity index (χ3v) is 4.66. The van der Waals surface area contributed by atoms with Crippen LogP contribution in [-0.4, -0.2) is 18.4 Å². The van der Waals surface area contributed by atoms with Gasteiger partial charge in [-0.2, -0.15) is 0 Å². The van der Waals surface area contributed by atoms with Crippen LogP contribution in [0, 0.1) is 0 Å². The van der Waals surface area contributed by atoms with Crippen molar-refractivity contribution in [1.82, 2.24) is 10.9 Å². The third kappa shape index (κ3) is 4.65. The quantitative estimate of drug-likeness (QED) is 0.605. The van der Waals surface area contributed by atoms with Crippen LogP contribution in [0.5, 0.6) is 5.75 Å². The molecular formula is C21H19BrN2O3. The second kappa shape index (κ2) is 8.68. The lowest BCUT2D eigenvalue weighted by atomic mass is 10.0. The van der Waals surface area contributed by atoms with Gasteiger partial charge in [0.05, 0.1) is 17.5 Å². The predicted molar refractivity (Wildman–Crippen MR) is 109 cm³/mol. The van der Waals surface area contributed by atoms with Crippen LogP contribution in [0.2, 0.25) is 0 Å². The average molecular weight is 427 g/mol. The van der Waals surface area contributed by atoms with Crippen molar-refractivity contribution in [3.8, 4) is 5.75 Å². The number of halogens is 1. The Hall–Kier alpha value is -2.86. The number of hydrogen-bond donors (Lipinski definition) is 2. The molecular weight excluding hydrogens is 408 g/mol. The number of carbonyl (C=O) groups excluding carboxylic acids is 2. The van der Waals surface area contributed by atoms with Crippen LogP contribution >= 0.6 is 15.9 Å². The van der Waals surface area contributed by atoms with E-state index < -0.39 is 5.91 Å². The topological polar surface area (TPSA) is 67.4 Å². The van der Waals surface area contributed by atoms with Crippen molar-refractivity contribution in [3.05, 3.63) is 76.3 Å². The molecule has 0 aromatic heterocycles. The van der Waals surface area contributed by atoms with Gasteiger partial charge in [-0.1, -0.05) is 42.5 Å². The van der Waals surface area contributed by atoms with E-state index in [0.29, 0.717) is 22.4 Å². The summed E-state index contributed by atoms with van der Waals surface area (Å²) < 4.78 is 6.10.